The van der Waals surface area contributed by atoms with Crippen molar-refractivity contribution in [1.29, 1.82) is 0 Å². The molecule has 3 aromatic rings. The van der Waals surface area contributed by atoms with Gasteiger partial charge < -0.3 is 10.2 Å². The van der Waals surface area contributed by atoms with Crippen molar-refractivity contribution in [2.45, 2.75) is 38.2 Å². The number of ketones is 1. The first-order chi connectivity index (χ1) is 15.4. The predicted molar refractivity (Wildman–Crippen MR) is 129 cm³/mol. The highest BCUT2D eigenvalue weighted by Gasteiger charge is 2.32. The number of carbonyl (C=O) groups excluding carboxylic acids is 1. The third-order valence-corrected chi connectivity index (χ3v) is 7.91. The number of Topliss-reactive ketones (excluding diaryl/α,β-unsaturated/α-hetero) is 1. The van der Waals surface area contributed by atoms with E-state index in [9.17, 15) is 14.7 Å². The number of allylic oxidation sites excluding steroid dienone is 1. The van der Waals surface area contributed by atoms with Crippen LogP contribution in [0.1, 0.15) is 40.1 Å². The Morgan fingerprint density at radius 1 is 1.19 bits per heavy atom. The summed E-state index contributed by atoms with van der Waals surface area (Å²) < 4.78 is 1.11. The lowest BCUT2D eigenvalue weighted by Crippen LogP contribution is -2.15. The maximum absolute atomic E-state index is 12.4. The Hall–Kier alpha value is -2.47. The molecule has 4 rings (SSSR count). The van der Waals surface area contributed by atoms with Gasteiger partial charge in [0.1, 0.15) is 5.78 Å². The number of halogens is 1. The summed E-state index contributed by atoms with van der Waals surface area (Å²) in [6, 6.07) is 14.8. The molecule has 6 heteroatoms. The van der Waals surface area contributed by atoms with Crippen LogP contribution in [0.25, 0.3) is 10.1 Å². The number of hydrogen-bond acceptors (Lipinski definition) is 4. The number of rotatable bonds is 8. The van der Waals surface area contributed by atoms with Crippen LogP contribution in [0.4, 0.5) is 0 Å². The third kappa shape index (κ3) is 5.12. The summed E-state index contributed by atoms with van der Waals surface area (Å²) in [4.78, 5) is 24.4. The van der Waals surface area contributed by atoms with E-state index in [1.54, 1.807) is 29.5 Å². The van der Waals surface area contributed by atoms with Crippen molar-refractivity contribution in [1.82, 2.24) is 0 Å². The van der Waals surface area contributed by atoms with E-state index in [1.807, 2.05) is 42.5 Å². The molecule has 3 atom stereocenters. The lowest BCUT2D eigenvalue weighted by Gasteiger charge is -2.16. The molecule has 1 aromatic heterocycles. The number of carbonyl (C=O) groups is 2. The van der Waals surface area contributed by atoms with Crippen molar-refractivity contribution in [2.75, 3.05) is 0 Å². The van der Waals surface area contributed by atoms with Gasteiger partial charge in [0.2, 0.25) is 0 Å². The van der Waals surface area contributed by atoms with Gasteiger partial charge in [0.05, 0.1) is 16.7 Å². The highest BCUT2D eigenvalue weighted by Crippen LogP contribution is 2.37. The normalized spacial score (nSPS) is 19.8. The fourth-order valence-corrected chi connectivity index (χ4v) is 5.96. The maximum atomic E-state index is 12.4. The van der Waals surface area contributed by atoms with E-state index in [0.717, 1.165) is 39.8 Å². The van der Waals surface area contributed by atoms with Crippen LogP contribution in [-0.4, -0.2) is 28.1 Å². The number of aliphatic hydroxyl groups is 1. The first kappa shape index (κ1) is 22.7. The van der Waals surface area contributed by atoms with Gasteiger partial charge in [0.15, 0.2) is 0 Å². The molecule has 166 valence electrons. The van der Waals surface area contributed by atoms with E-state index >= 15 is 0 Å². The average molecular weight is 469 g/mol. The zero-order valence-electron chi connectivity index (χ0n) is 17.5. The van der Waals surface area contributed by atoms with Crippen LogP contribution in [0.5, 0.6) is 0 Å². The van der Waals surface area contributed by atoms with Crippen LogP contribution in [0, 0.1) is 11.8 Å². The number of aliphatic hydroxyl groups excluding tert-OH is 1. The van der Waals surface area contributed by atoms with Crippen molar-refractivity contribution in [3.05, 3.63) is 81.7 Å². The summed E-state index contributed by atoms with van der Waals surface area (Å²) in [5.41, 5.74) is 1.29. The quantitative estimate of drug-likeness (QED) is 0.401. The highest BCUT2D eigenvalue weighted by molar-refractivity contribution is 7.19. The molecule has 2 aromatic carbocycles. The van der Waals surface area contributed by atoms with Crippen LogP contribution in [0.2, 0.25) is 5.02 Å². The number of carboxylic acids is 1. The Labute approximate surface area is 196 Å². The van der Waals surface area contributed by atoms with E-state index in [2.05, 4.69) is 0 Å². The number of aromatic carboxylic acids is 1. The number of aryl methyl sites for hydroxylation is 1. The summed E-state index contributed by atoms with van der Waals surface area (Å²) in [5, 5.41) is 21.3. The first-order valence-electron chi connectivity index (χ1n) is 10.8. The van der Waals surface area contributed by atoms with Crippen LogP contribution < -0.4 is 0 Å². The molecule has 1 aliphatic rings. The molecule has 0 spiro atoms. The van der Waals surface area contributed by atoms with Gasteiger partial charge in [-0.25, -0.2) is 4.79 Å². The smallest absolute Gasteiger partial charge is 0.335 e. The largest absolute Gasteiger partial charge is 0.478 e. The predicted octanol–water partition coefficient (Wildman–Crippen LogP) is 5.94. The van der Waals surface area contributed by atoms with Crippen LogP contribution in [-0.2, 0) is 17.6 Å². The lowest BCUT2D eigenvalue weighted by molar-refractivity contribution is -0.121. The molecular formula is C26H25ClO4S. The highest BCUT2D eigenvalue weighted by atomic mass is 35.5. The second-order valence-electron chi connectivity index (χ2n) is 8.31. The number of fused-ring (bicyclic) bond motifs is 1. The van der Waals surface area contributed by atoms with Gasteiger partial charge >= 0.3 is 5.97 Å². The summed E-state index contributed by atoms with van der Waals surface area (Å²) in [5.74, 6) is -0.620. The van der Waals surface area contributed by atoms with Crippen LogP contribution >= 0.6 is 22.9 Å². The molecule has 32 heavy (non-hydrogen) atoms. The summed E-state index contributed by atoms with van der Waals surface area (Å²) in [7, 11) is 0. The van der Waals surface area contributed by atoms with E-state index in [1.165, 1.54) is 0 Å². The second kappa shape index (κ2) is 9.99. The first-order valence-corrected chi connectivity index (χ1v) is 12.0. The van der Waals surface area contributed by atoms with Crippen molar-refractivity contribution < 1.29 is 19.8 Å². The molecule has 0 radical (unpaired) electrons. The molecule has 1 heterocycles. The standard InChI is InChI=1S/C26H25ClO4S/c27-25-21-3-1-2-4-23(21)32-24(25)15-19(28)12-10-17-11-14-22(29)20(17)13-7-16-5-8-18(9-6-16)26(30)31/h1-6,8-10,12,17,19-20,28H,7,11,13-15H2,(H,30,31)/t17-,19?,20+/m0/s1. The summed E-state index contributed by atoms with van der Waals surface area (Å²) in [6.45, 7) is 0. The molecule has 0 saturated heterocycles. The van der Waals surface area contributed by atoms with Gasteiger partial charge in [-0.05, 0) is 48.9 Å². The SMILES string of the molecule is O=C(O)c1ccc(CC[C@H]2C(=O)CC[C@@H]2C=CC(O)Cc2sc3ccccc3c2Cl)cc1. The topological polar surface area (TPSA) is 74.6 Å². The number of carboxylic acid groups (broad SMARTS) is 1. The summed E-state index contributed by atoms with van der Waals surface area (Å²) in [6.07, 6.45) is 6.41. The Morgan fingerprint density at radius 3 is 2.66 bits per heavy atom. The molecule has 1 aliphatic carbocycles. The fraction of sp³-hybridized carbons (Fsp3) is 0.308. The minimum atomic E-state index is -0.941. The molecule has 4 nitrogen and oxygen atoms in total. The Balaban J connectivity index is 1.36. The molecule has 2 N–H and O–H groups in total. The third-order valence-electron chi connectivity index (χ3n) is 6.18. The number of hydrogen-bond donors (Lipinski definition) is 2. The monoisotopic (exact) mass is 468 g/mol. The van der Waals surface area contributed by atoms with Gasteiger partial charge in [0, 0.05) is 33.7 Å². The zero-order valence-corrected chi connectivity index (χ0v) is 19.1. The molecular weight excluding hydrogens is 444 g/mol. The second-order valence-corrected chi connectivity index (χ2v) is 9.82. The Bertz CT molecular complexity index is 1150. The Morgan fingerprint density at radius 2 is 1.94 bits per heavy atom. The number of thiophene rings is 1. The van der Waals surface area contributed by atoms with Crippen molar-refractivity contribution in [3.63, 3.8) is 0 Å². The van der Waals surface area contributed by atoms with E-state index in [4.69, 9.17) is 16.7 Å². The van der Waals surface area contributed by atoms with Gasteiger partial charge in [-0.2, -0.15) is 0 Å². The van der Waals surface area contributed by atoms with Crippen molar-refractivity contribution >= 4 is 44.8 Å². The minimum absolute atomic E-state index is 0.0643. The molecule has 1 unspecified atom stereocenters. The van der Waals surface area contributed by atoms with E-state index < -0.39 is 12.1 Å². The fourth-order valence-electron chi connectivity index (χ4n) is 4.40. The summed E-state index contributed by atoms with van der Waals surface area (Å²) >= 11 is 8.10. The van der Waals surface area contributed by atoms with E-state index in [-0.39, 0.29) is 23.2 Å². The van der Waals surface area contributed by atoms with Crippen molar-refractivity contribution in [2.24, 2.45) is 11.8 Å². The van der Waals surface area contributed by atoms with Gasteiger partial charge in [-0.3, -0.25) is 4.79 Å². The van der Waals surface area contributed by atoms with Crippen molar-refractivity contribution in [3.8, 4) is 0 Å². The van der Waals surface area contributed by atoms with Crippen LogP contribution in [0.15, 0.2) is 60.7 Å². The molecule has 0 amide bonds. The minimum Gasteiger partial charge on any atom is -0.478 e. The van der Waals surface area contributed by atoms with Crippen LogP contribution in [0.3, 0.4) is 0 Å². The molecule has 0 aliphatic heterocycles. The molecule has 1 fully saturated rings. The lowest BCUT2D eigenvalue weighted by atomic mass is 9.88. The van der Waals surface area contributed by atoms with Gasteiger partial charge in [-0.1, -0.05) is 54.1 Å². The zero-order chi connectivity index (χ0) is 22.7. The average Bonchev–Trinajstić information content (AvgIpc) is 3.30. The van der Waals surface area contributed by atoms with Gasteiger partial charge in [0.25, 0.3) is 0 Å². The number of benzene rings is 2. The van der Waals surface area contributed by atoms with Gasteiger partial charge in [-0.15, -0.1) is 11.3 Å². The Kier molecular flexibility index (Phi) is 7.09. The molecule has 1 saturated carbocycles. The maximum Gasteiger partial charge on any atom is 0.335 e. The molecule has 0 bridgehead atoms. The van der Waals surface area contributed by atoms with E-state index in [0.29, 0.717) is 17.9 Å².